The maximum absolute atomic E-state index is 5.84. The fourth-order valence-electron chi connectivity index (χ4n) is 2.29. The maximum atomic E-state index is 5.84. The zero-order valence-electron chi connectivity index (χ0n) is 9.69. The van der Waals surface area contributed by atoms with Crippen molar-refractivity contribution in [3.8, 4) is 0 Å². The molecule has 0 radical (unpaired) electrons. The van der Waals surface area contributed by atoms with Gasteiger partial charge in [-0.15, -0.1) is 0 Å². The summed E-state index contributed by atoms with van der Waals surface area (Å²) in [6.07, 6.45) is 8.27. The van der Waals surface area contributed by atoms with Crippen LogP contribution in [0.25, 0.3) is 0 Å². The molecule has 0 aromatic carbocycles. The summed E-state index contributed by atoms with van der Waals surface area (Å²) in [5, 5.41) is 0.503. The lowest BCUT2D eigenvalue weighted by Crippen LogP contribution is -2.19. The quantitative estimate of drug-likeness (QED) is 0.794. The molecule has 1 aliphatic rings. The van der Waals surface area contributed by atoms with Crippen molar-refractivity contribution < 1.29 is 0 Å². The molecular weight excluding hydrogens is 222 g/mol. The lowest BCUT2D eigenvalue weighted by molar-refractivity contribution is 0.341. The van der Waals surface area contributed by atoms with Crippen LogP contribution in [-0.2, 0) is 6.42 Å². The molecule has 0 aliphatic carbocycles. The van der Waals surface area contributed by atoms with E-state index in [1.54, 1.807) is 6.20 Å². The highest BCUT2D eigenvalue weighted by molar-refractivity contribution is 6.29. The molecule has 0 spiro atoms. The molecule has 3 nitrogen and oxygen atoms in total. The molecule has 16 heavy (non-hydrogen) atoms. The van der Waals surface area contributed by atoms with Gasteiger partial charge in [-0.25, -0.2) is 4.98 Å². The summed E-state index contributed by atoms with van der Waals surface area (Å²) in [4.78, 5) is 10.8. The van der Waals surface area contributed by atoms with E-state index in [1.807, 2.05) is 6.20 Å². The molecule has 2 heterocycles. The van der Waals surface area contributed by atoms with E-state index in [9.17, 15) is 0 Å². The van der Waals surface area contributed by atoms with Crippen molar-refractivity contribution in [2.24, 2.45) is 5.92 Å². The largest absolute Gasteiger partial charge is 0.306 e. The molecule has 0 amide bonds. The van der Waals surface area contributed by atoms with Crippen LogP contribution in [0.3, 0.4) is 0 Å². The van der Waals surface area contributed by atoms with Gasteiger partial charge in [-0.2, -0.15) is 0 Å². The van der Waals surface area contributed by atoms with Crippen LogP contribution in [0, 0.1) is 5.92 Å². The Hall–Kier alpha value is -0.670. The van der Waals surface area contributed by atoms with Crippen molar-refractivity contribution in [3.05, 3.63) is 23.2 Å². The number of aromatic nitrogens is 2. The van der Waals surface area contributed by atoms with Gasteiger partial charge in [0.25, 0.3) is 0 Å². The van der Waals surface area contributed by atoms with Crippen LogP contribution in [0.5, 0.6) is 0 Å². The van der Waals surface area contributed by atoms with Gasteiger partial charge in [0.2, 0.25) is 0 Å². The molecule has 88 valence electrons. The fourth-order valence-corrected chi connectivity index (χ4v) is 2.45. The molecule has 1 saturated heterocycles. The predicted octanol–water partition coefficient (Wildman–Crippen LogP) is 2.40. The van der Waals surface area contributed by atoms with Gasteiger partial charge >= 0.3 is 0 Å². The molecule has 0 saturated carbocycles. The highest BCUT2D eigenvalue weighted by Gasteiger charge is 2.15. The summed E-state index contributed by atoms with van der Waals surface area (Å²) in [6, 6.07) is 0. The SMILES string of the molecule is CN1CCCC(Cc2cncc(Cl)n2)CC1. The minimum atomic E-state index is 0.503. The van der Waals surface area contributed by atoms with E-state index in [-0.39, 0.29) is 0 Å². The molecule has 1 aromatic rings. The van der Waals surface area contributed by atoms with E-state index >= 15 is 0 Å². The lowest BCUT2D eigenvalue weighted by Gasteiger charge is -2.14. The van der Waals surface area contributed by atoms with Crippen LogP contribution in [0.2, 0.25) is 5.15 Å². The third kappa shape index (κ3) is 3.42. The Morgan fingerprint density at radius 3 is 3.06 bits per heavy atom. The molecule has 1 aromatic heterocycles. The van der Waals surface area contributed by atoms with Gasteiger partial charge in [0.1, 0.15) is 5.15 Å². The Bertz CT molecular complexity index is 343. The van der Waals surface area contributed by atoms with E-state index in [1.165, 1.54) is 32.4 Å². The first kappa shape index (κ1) is 11.8. The van der Waals surface area contributed by atoms with Gasteiger partial charge in [0.05, 0.1) is 11.9 Å². The third-order valence-corrected chi connectivity index (χ3v) is 3.41. The standard InChI is InChI=1S/C12H18ClN3/c1-16-5-2-3-10(4-6-16)7-11-8-14-9-12(13)15-11/h8-10H,2-7H2,1H3. The second-order valence-electron chi connectivity index (χ2n) is 4.64. The molecule has 4 heteroatoms. The number of nitrogens with zero attached hydrogens (tertiary/aromatic N) is 3. The molecular formula is C12H18ClN3. The Morgan fingerprint density at radius 1 is 1.38 bits per heavy atom. The third-order valence-electron chi connectivity index (χ3n) is 3.22. The van der Waals surface area contributed by atoms with Crippen LogP contribution < -0.4 is 0 Å². The molecule has 1 atom stereocenters. The molecule has 0 bridgehead atoms. The van der Waals surface area contributed by atoms with Crippen LogP contribution >= 0.6 is 11.6 Å². The molecule has 0 N–H and O–H groups in total. The van der Waals surface area contributed by atoms with Crippen molar-refractivity contribution in [1.29, 1.82) is 0 Å². The number of hydrogen-bond donors (Lipinski definition) is 0. The fraction of sp³-hybridized carbons (Fsp3) is 0.667. The van der Waals surface area contributed by atoms with Gasteiger partial charge < -0.3 is 4.90 Å². The van der Waals surface area contributed by atoms with Gasteiger partial charge in [0, 0.05) is 6.20 Å². The van der Waals surface area contributed by atoms with Crippen LogP contribution in [0.15, 0.2) is 12.4 Å². The van der Waals surface area contributed by atoms with E-state index < -0.39 is 0 Å². The highest BCUT2D eigenvalue weighted by Crippen LogP contribution is 2.20. The van der Waals surface area contributed by atoms with Gasteiger partial charge in [0.15, 0.2) is 0 Å². The van der Waals surface area contributed by atoms with Crippen LogP contribution in [0.4, 0.5) is 0 Å². The van der Waals surface area contributed by atoms with E-state index in [0.29, 0.717) is 5.15 Å². The first-order valence-electron chi connectivity index (χ1n) is 5.89. The summed E-state index contributed by atoms with van der Waals surface area (Å²) in [6.45, 7) is 2.41. The molecule has 2 rings (SSSR count). The van der Waals surface area contributed by atoms with Crippen molar-refractivity contribution in [2.45, 2.75) is 25.7 Å². The number of rotatable bonds is 2. The van der Waals surface area contributed by atoms with Crippen molar-refractivity contribution in [3.63, 3.8) is 0 Å². The molecule has 1 aliphatic heterocycles. The summed E-state index contributed by atoms with van der Waals surface area (Å²) in [5.74, 6) is 0.734. The van der Waals surface area contributed by atoms with Crippen LogP contribution in [-0.4, -0.2) is 35.0 Å². The van der Waals surface area contributed by atoms with Crippen molar-refractivity contribution in [1.82, 2.24) is 14.9 Å². The zero-order chi connectivity index (χ0) is 11.4. The van der Waals surface area contributed by atoms with Gasteiger partial charge in [-0.1, -0.05) is 11.6 Å². The maximum Gasteiger partial charge on any atom is 0.147 e. The van der Waals surface area contributed by atoms with E-state index in [0.717, 1.165) is 18.0 Å². The lowest BCUT2D eigenvalue weighted by atomic mass is 9.95. The zero-order valence-corrected chi connectivity index (χ0v) is 10.5. The van der Waals surface area contributed by atoms with Gasteiger partial charge in [-0.3, -0.25) is 4.98 Å². The van der Waals surface area contributed by atoms with E-state index in [2.05, 4.69) is 21.9 Å². The number of halogens is 1. The molecule has 1 fully saturated rings. The number of likely N-dealkylation sites (tertiary alicyclic amines) is 1. The average molecular weight is 240 g/mol. The summed E-state index contributed by atoms with van der Waals surface area (Å²) in [5.41, 5.74) is 1.03. The highest BCUT2D eigenvalue weighted by atomic mass is 35.5. The van der Waals surface area contributed by atoms with Crippen LogP contribution in [0.1, 0.15) is 25.0 Å². The van der Waals surface area contributed by atoms with Gasteiger partial charge in [-0.05, 0) is 51.7 Å². The minimum absolute atomic E-state index is 0.503. The summed E-state index contributed by atoms with van der Waals surface area (Å²) in [7, 11) is 2.20. The van der Waals surface area contributed by atoms with Crippen molar-refractivity contribution in [2.75, 3.05) is 20.1 Å². The Labute approximate surface area is 102 Å². The van der Waals surface area contributed by atoms with Crippen molar-refractivity contribution >= 4 is 11.6 Å². The Kier molecular flexibility index (Phi) is 4.13. The Balaban J connectivity index is 1.93. The topological polar surface area (TPSA) is 29.0 Å². The number of hydrogen-bond acceptors (Lipinski definition) is 3. The Morgan fingerprint density at radius 2 is 2.25 bits per heavy atom. The van der Waals surface area contributed by atoms with E-state index in [4.69, 9.17) is 11.6 Å². The minimum Gasteiger partial charge on any atom is -0.306 e. The molecule has 1 unspecified atom stereocenters. The normalized spacial score (nSPS) is 23.0. The predicted molar refractivity (Wildman–Crippen MR) is 65.6 cm³/mol. The first-order valence-corrected chi connectivity index (χ1v) is 6.27. The summed E-state index contributed by atoms with van der Waals surface area (Å²) < 4.78 is 0. The first-order chi connectivity index (χ1) is 7.74. The smallest absolute Gasteiger partial charge is 0.147 e. The monoisotopic (exact) mass is 239 g/mol. The second kappa shape index (κ2) is 5.60. The average Bonchev–Trinajstić information content (AvgIpc) is 2.44. The second-order valence-corrected chi connectivity index (χ2v) is 5.02. The summed E-state index contributed by atoms with van der Waals surface area (Å²) >= 11 is 5.84.